The molecule has 1 saturated heterocycles. The molecule has 4 aromatic rings. The second-order valence-electron chi connectivity index (χ2n) is 7.75. The Balaban J connectivity index is 1.49. The summed E-state index contributed by atoms with van der Waals surface area (Å²) in [6.45, 7) is 0.286. The van der Waals surface area contributed by atoms with Gasteiger partial charge < -0.3 is 4.74 Å². The number of ether oxygens (including phenoxy) is 1. The number of nitrogens with zero attached hydrogens (tertiary/aromatic N) is 4. The zero-order chi connectivity index (χ0) is 23.7. The van der Waals surface area contributed by atoms with Crippen molar-refractivity contribution in [2.24, 2.45) is 0 Å². The number of rotatable bonds is 6. The van der Waals surface area contributed by atoms with Crippen LogP contribution in [0.5, 0.6) is 5.75 Å². The largest absolute Gasteiger partial charge is 0.497 e. The Morgan fingerprint density at radius 3 is 2.53 bits per heavy atom. The van der Waals surface area contributed by atoms with Gasteiger partial charge in [-0.15, -0.1) is 0 Å². The quantitative estimate of drug-likeness (QED) is 0.391. The van der Waals surface area contributed by atoms with Gasteiger partial charge in [-0.05, 0) is 48.0 Å². The van der Waals surface area contributed by atoms with Crippen LogP contribution in [-0.2, 0) is 16.1 Å². The number of benzene rings is 2. The number of fused-ring (bicyclic) bond motifs is 1. The monoisotopic (exact) mass is 472 g/mol. The van der Waals surface area contributed by atoms with Gasteiger partial charge in [-0.3, -0.25) is 29.2 Å². The first-order chi connectivity index (χ1) is 16.5. The molecule has 1 aliphatic rings. The second-order valence-corrected chi connectivity index (χ2v) is 8.76. The highest BCUT2D eigenvalue weighted by Gasteiger charge is 2.30. The number of hydrogen-bond acceptors (Lipinski definition) is 7. The van der Waals surface area contributed by atoms with Crippen LogP contribution in [0.4, 0.5) is 10.8 Å². The van der Waals surface area contributed by atoms with Gasteiger partial charge in [-0.25, -0.2) is 4.98 Å². The van der Waals surface area contributed by atoms with Crippen molar-refractivity contribution < 1.29 is 19.1 Å². The first-order valence-corrected chi connectivity index (χ1v) is 11.5. The summed E-state index contributed by atoms with van der Waals surface area (Å²) in [5, 5.41) is 0.547. The fraction of sp³-hybridized carbons (Fsp3) is 0.160. The van der Waals surface area contributed by atoms with Crippen LogP contribution in [0.25, 0.3) is 10.2 Å². The van der Waals surface area contributed by atoms with Crippen LogP contribution in [0.3, 0.4) is 0 Å². The smallest absolute Gasteiger partial charge is 0.260 e. The maximum atomic E-state index is 13.6. The lowest BCUT2D eigenvalue weighted by atomic mass is 10.1. The van der Waals surface area contributed by atoms with Gasteiger partial charge in [0.1, 0.15) is 5.75 Å². The fourth-order valence-corrected chi connectivity index (χ4v) is 4.76. The van der Waals surface area contributed by atoms with Crippen molar-refractivity contribution in [3.05, 3.63) is 78.1 Å². The highest BCUT2D eigenvalue weighted by molar-refractivity contribution is 7.22. The number of hydrogen-bond donors (Lipinski definition) is 0. The van der Waals surface area contributed by atoms with E-state index in [0.717, 1.165) is 15.8 Å². The molecule has 1 aliphatic heterocycles. The van der Waals surface area contributed by atoms with Crippen molar-refractivity contribution in [2.75, 3.05) is 16.9 Å². The first kappa shape index (κ1) is 21.7. The molecule has 0 N–H and O–H groups in total. The van der Waals surface area contributed by atoms with Crippen molar-refractivity contribution in [3.63, 3.8) is 0 Å². The molecule has 5 rings (SSSR count). The summed E-state index contributed by atoms with van der Waals surface area (Å²) in [4.78, 5) is 49.3. The van der Waals surface area contributed by atoms with Gasteiger partial charge >= 0.3 is 0 Å². The fourth-order valence-electron chi connectivity index (χ4n) is 3.81. The average Bonchev–Trinajstić information content (AvgIpc) is 3.44. The first-order valence-electron chi connectivity index (χ1n) is 10.6. The molecule has 170 valence electrons. The molecule has 2 aromatic carbocycles. The Kier molecular flexibility index (Phi) is 5.77. The standard InChI is InChI=1S/C25H20N4O4S/c1-33-19-8-9-21-20(13-19)27-25(34-21)28(15-16-3-2-12-26-14-16)24(32)17-4-6-18(7-5-17)29-22(30)10-11-23(29)31/h2-9,12-14H,10-11,15H2,1H3. The number of carbonyl (C=O) groups excluding carboxylic acids is 3. The third kappa shape index (κ3) is 4.13. The van der Waals surface area contributed by atoms with Crippen molar-refractivity contribution in [1.82, 2.24) is 9.97 Å². The van der Waals surface area contributed by atoms with Crippen LogP contribution in [-0.4, -0.2) is 34.8 Å². The van der Waals surface area contributed by atoms with Crippen molar-refractivity contribution in [3.8, 4) is 5.75 Å². The van der Waals surface area contributed by atoms with E-state index in [1.807, 2.05) is 30.3 Å². The molecule has 0 unspecified atom stereocenters. The number of amides is 3. The van der Waals surface area contributed by atoms with Crippen molar-refractivity contribution >= 4 is 50.1 Å². The van der Waals surface area contributed by atoms with Gasteiger partial charge in [-0.1, -0.05) is 17.4 Å². The van der Waals surface area contributed by atoms with Crippen molar-refractivity contribution in [1.29, 1.82) is 0 Å². The van der Waals surface area contributed by atoms with Crippen LogP contribution in [0.15, 0.2) is 67.0 Å². The van der Waals surface area contributed by atoms with Crippen LogP contribution < -0.4 is 14.5 Å². The van der Waals surface area contributed by atoms with Crippen LogP contribution in [0.1, 0.15) is 28.8 Å². The highest BCUT2D eigenvalue weighted by Crippen LogP contribution is 2.33. The number of carbonyl (C=O) groups is 3. The van der Waals surface area contributed by atoms with Gasteiger partial charge in [0.25, 0.3) is 5.91 Å². The van der Waals surface area contributed by atoms with Crippen molar-refractivity contribution in [2.45, 2.75) is 19.4 Å². The third-order valence-corrected chi connectivity index (χ3v) is 6.61. The lowest BCUT2D eigenvalue weighted by Crippen LogP contribution is -2.31. The minimum atomic E-state index is -0.250. The predicted octanol–water partition coefficient (Wildman–Crippen LogP) is 4.20. The summed E-state index contributed by atoms with van der Waals surface area (Å²) >= 11 is 1.41. The molecule has 8 nitrogen and oxygen atoms in total. The van der Waals surface area contributed by atoms with E-state index in [1.54, 1.807) is 48.7 Å². The van der Waals surface area contributed by atoms with E-state index in [1.165, 1.54) is 16.2 Å². The van der Waals surface area contributed by atoms with E-state index < -0.39 is 0 Å². The van der Waals surface area contributed by atoms with E-state index in [0.29, 0.717) is 22.1 Å². The van der Waals surface area contributed by atoms with Crippen LogP contribution in [0.2, 0.25) is 0 Å². The molecule has 0 saturated carbocycles. The Morgan fingerprint density at radius 1 is 1.09 bits per heavy atom. The summed E-state index contributed by atoms with van der Waals surface area (Å²) in [5.41, 5.74) is 2.49. The maximum absolute atomic E-state index is 13.6. The Bertz CT molecular complexity index is 1370. The minimum Gasteiger partial charge on any atom is -0.497 e. The van der Waals surface area contributed by atoms with E-state index in [4.69, 9.17) is 9.72 Å². The highest BCUT2D eigenvalue weighted by atomic mass is 32.1. The number of methoxy groups -OCH3 is 1. The van der Waals surface area contributed by atoms with Gasteiger partial charge in [-0.2, -0.15) is 0 Å². The topological polar surface area (TPSA) is 92.7 Å². The van der Waals surface area contributed by atoms with E-state index >= 15 is 0 Å². The molecule has 3 amide bonds. The molecule has 1 fully saturated rings. The van der Waals surface area contributed by atoms with Gasteiger partial charge in [0, 0.05) is 36.9 Å². The zero-order valence-electron chi connectivity index (χ0n) is 18.3. The summed E-state index contributed by atoms with van der Waals surface area (Å²) in [5.74, 6) is -0.0176. The Morgan fingerprint density at radius 2 is 1.85 bits per heavy atom. The molecule has 0 aliphatic carbocycles. The normalized spacial score (nSPS) is 13.5. The van der Waals surface area contributed by atoms with Crippen LogP contribution in [0, 0.1) is 0 Å². The molecular formula is C25H20N4O4S. The predicted molar refractivity (Wildman–Crippen MR) is 129 cm³/mol. The number of anilines is 2. The summed E-state index contributed by atoms with van der Waals surface area (Å²) < 4.78 is 6.23. The molecule has 0 spiro atoms. The number of pyridine rings is 1. The average molecular weight is 473 g/mol. The molecule has 34 heavy (non-hydrogen) atoms. The number of imide groups is 1. The van der Waals surface area contributed by atoms with E-state index in [-0.39, 0.29) is 37.1 Å². The molecule has 2 aromatic heterocycles. The SMILES string of the molecule is COc1ccc2sc(N(Cc3cccnc3)C(=O)c3ccc(N4C(=O)CCC4=O)cc3)nc2c1. The molecule has 0 atom stereocenters. The summed E-state index contributed by atoms with van der Waals surface area (Å²) in [6.07, 6.45) is 3.81. The summed E-state index contributed by atoms with van der Waals surface area (Å²) in [6, 6.07) is 15.8. The minimum absolute atomic E-state index is 0.209. The van der Waals surface area contributed by atoms with Gasteiger partial charge in [0.05, 0.1) is 29.6 Å². The zero-order valence-corrected chi connectivity index (χ0v) is 19.1. The molecule has 3 heterocycles. The van der Waals surface area contributed by atoms with E-state index in [9.17, 15) is 14.4 Å². The molecule has 9 heteroatoms. The lowest BCUT2D eigenvalue weighted by molar-refractivity contribution is -0.121. The lowest BCUT2D eigenvalue weighted by Gasteiger charge is -2.20. The molecule has 0 bridgehead atoms. The Labute approximate surface area is 199 Å². The number of thiazole rings is 1. The van der Waals surface area contributed by atoms with Gasteiger partial charge in [0.2, 0.25) is 11.8 Å². The van der Waals surface area contributed by atoms with E-state index in [2.05, 4.69) is 4.98 Å². The summed E-state index contributed by atoms with van der Waals surface area (Å²) in [7, 11) is 1.60. The molecule has 0 radical (unpaired) electrons. The maximum Gasteiger partial charge on any atom is 0.260 e. The van der Waals surface area contributed by atoms with Gasteiger partial charge in [0.15, 0.2) is 5.13 Å². The number of aromatic nitrogens is 2. The molecular weight excluding hydrogens is 452 g/mol. The second kappa shape index (κ2) is 9.03. The third-order valence-electron chi connectivity index (χ3n) is 5.55. The van der Waals surface area contributed by atoms with Crippen LogP contribution >= 0.6 is 11.3 Å². The Hall–Kier alpha value is -4.11.